The Bertz CT molecular complexity index is 163. The predicted octanol–water partition coefficient (Wildman–Crippen LogP) is 0.969. The number of ether oxygens (including phenoxy) is 2. The van der Waals surface area contributed by atoms with Crippen LogP contribution in [-0.4, -0.2) is 64.6 Å². The first-order chi connectivity index (χ1) is 7.52. The SMILES string of the molecule is COCCN(C)CCNCCC(C)(C)OC. The van der Waals surface area contributed by atoms with Crippen LogP contribution in [-0.2, 0) is 9.47 Å². The number of likely N-dealkylation sites (N-methyl/N-ethyl adjacent to an activating group) is 1. The van der Waals surface area contributed by atoms with Crippen LogP contribution in [0.2, 0.25) is 0 Å². The number of hydrogen-bond donors (Lipinski definition) is 1. The highest BCUT2D eigenvalue weighted by molar-refractivity contribution is 4.69. The van der Waals surface area contributed by atoms with Crippen LogP contribution < -0.4 is 5.32 Å². The van der Waals surface area contributed by atoms with E-state index in [1.807, 2.05) is 0 Å². The molecule has 4 nitrogen and oxygen atoms in total. The van der Waals surface area contributed by atoms with Crippen LogP contribution in [0, 0.1) is 0 Å². The summed E-state index contributed by atoms with van der Waals surface area (Å²) in [6.07, 6.45) is 1.03. The molecule has 0 saturated heterocycles. The number of nitrogens with zero attached hydrogens (tertiary/aromatic N) is 1. The quantitative estimate of drug-likeness (QED) is 0.569. The van der Waals surface area contributed by atoms with E-state index in [0.29, 0.717) is 0 Å². The third-order valence-corrected chi connectivity index (χ3v) is 2.80. The Kier molecular flexibility index (Phi) is 8.84. The molecular formula is C12H28N2O2. The monoisotopic (exact) mass is 232 g/mol. The Morgan fingerprint density at radius 2 is 1.81 bits per heavy atom. The Hall–Kier alpha value is -0.160. The molecule has 0 aliphatic rings. The smallest absolute Gasteiger partial charge is 0.0634 e. The van der Waals surface area contributed by atoms with Crippen LogP contribution in [0.15, 0.2) is 0 Å². The fourth-order valence-electron chi connectivity index (χ4n) is 1.25. The van der Waals surface area contributed by atoms with Gasteiger partial charge in [0.1, 0.15) is 0 Å². The number of nitrogens with one attached hydrogen (secondary N) is 1. The maximum absolute atomic E-state index is 5.35. The third-order valence-electron chi connectivity index (χ3n) is 2.80. The third kappa shape index (κ3) is 9.09. The van der Waals surface area contributed by atoms with Crippen molar-refractivity contribution in [3.05, 3.63) is 0 Å². The summed E-state index contributed by atoms with van der Waals surface area (Å²) < 4.78 is 10.4. The molecule has 0 spiro atoms. The Balaban J connectivity index is 3.33. The highest BCUT2D eigenvalue weighted by Gasteiger charge is 2.14. The molecule has 0 rings (SSSR count). The van der Waals surface area contributed by atoms with Gasteiger partial charge in [0, 0.05) is 33.9 Å². The molecule has 0 unspecified atom stereocenters. The molecule has 16 heavy (non-hydrogen) atoms. The van der Waals surface area contributed by atoms with Crippen LogP contribution in [0.1, 0.15) is 20.3 Å². The number of hydrogen-bond acceptors (Lipinski definition) is 4. The largest absolute Gasteiger partial charge is 0.383 e. The lowest BCUT2D eigenvalue weighted by molar-refractivity contribution is 0.0158. The Morgan fingerprint density at radius 3 is 2.38 bits per heavy atom. The van der Waals surface area contributed by atoms with Gasteiger partial charge in [-0.3, -0.25) is 0 Å². The molecule has 0 amide bonds. The molecule has 0 aliphatic carbocycles. The molecule has 0 bridgehead atoms. The molecule has 0 fully saturated rings. The summed E-state index contributed by atoms with van der Waals surface area (Å²) in [4.78, 5) is 2.26. The van der Waals surface area contributed by atoms with E-state index in [1.165, 1.54) is 0 Å². The van der Waals surface area contributed by atoms with Crippen LogP contribution in [0.25, 0.3) is 0 Å². The summed E-state index contributed by atoms with van der Waals surface area (Å²) in [5.74, 6) is 0. The average molecular weight is 232 g/mol. The summed E-state index contributed by atoms with van der Waals surface area (Å²) in [7, 11) is 5.61. The molecule has 0 atom stereocenters. The van der Waals surface area contributed by atoms with E-state index in [4.69, 9.17) is 9.47 Å². The topological polar surface area (TPSA) is 33.7 Å². The van der Waals surface area contributed by atoms with Gasteiger partial charge in [0.2, 0.25) is 0 Å². The van der Waals surface area contributed by atoms with E-state index >= 15 is 0 Å². The van der Waals surface area contributed by atoms with E-state index < -0.39 is 0 Å². The van der Waals surface area contributed by atoms with Crippen molar-refractivity contribution in [2.24, 2.45) is 0 Å². The van der Waals surface area contributed by atoms with Gasteiger partial charge in [0.05, 0.1) is 12.2 Å². The van der Waals surface area contributed by atoms with E-state index in [-0.39, 0.29) is 5.60 Å². The first-order valence-corrected chi connectivity index (χ1v) is 5.95. The zero-order valence-electron chi connectivity index (χ0n) is 11.5. The minimum atomic E-state index is -0.0189. The lowest BCUT2D eigenvalue weighted by atomic mass is 10.1. The van der Waals surface area contributed by atoms with E-state index in [1.54, 1.807) is 14.2 Å². The molecular weight excluding hydrogens is 204 g/mol. The molecule has 1 N–H and O–H groups in total. The van der Waals surface area contributed by atoms with Crippen molar-refractivity contribution in [3.8, 4) is 0 Å². The van der Waals surface area contributed by atoms with Gasteiger partial charge in [-0.05, 0) is 33.9 Å². The number of methoxy groups -OCH3 is 2. The van der Waals surface area contributed by atoms with Gasteiger partial charge < -0.3 is 19.7 Å². The van der Waals surface area contributed by atoms with Crippen molar-refractivity contribution in [1.29, 1.82) is 0 Å². The van der Waals surface area contributed by atoms with E-state index in [9.17, 15) is 0 Å². The molecule has 0 aromatic rings. The van der Waals surface area contributed by atoms with Crippen LogP contribution in [0.3, 0.4) is 0 Å². The summed E-state index contributed by atoms with van der Waals surface area (Å²) in [5, 5.41) is 3.42. The zero-order chi connectivity index (χ0) is 12.4. The van der Waals surface area contributed by atoms with Crippen LogP contribution >= 0.6 is 0 Å². The second-order valence-corrected chi connectivity index (χ2v) is 4.76. The van der Waals surface area contributed by atoms with E-state index in [0.717, 1.165) is 39.2 Å². The molecule has 0 radical (unpaired) electrons. The van der Waals surface area contributed by atoms with Gasteiger partial charge in [-0.15, -0.1) is 0 Å². The maximum atomic E-state index is 5.35. The van der Waals surface area contributed by atoms with Crippen molar-refractivity contribution in [2.75, 3.05) is 54.1 Å². The first kappa shape index (κ1) is 15.8. The van der Waals surface area contributed by atoms with Gasteiger partial charge >= 0.3 is 0 Å². The maximum Gasteiger partial charge on any atom is 0.0634 e. The zero-order valence-corrected chi connectivity index (χ0v) is 11.5. The standard InChI is InChI=1S/C12H28N2O2/c1-12(2,16-5)6-7-13-8-9-14(3)10-11-15-4/h13H,6-11H2,1-5H3. The second-order valence-electron chi connectivity index (χ2n) is 4.76. The van der Waals surface area contributed by atoms with E-state index in [2.05, 4.69) is 31.1 Å². The van der Waals surface area contributed by atoms with Gasteiger partial charge in [-0.1, -0.05) is 0 Å². The summed E-state index contributed by atoms with van der Waals surface area (Å²) in [6.45, 7) is 9.07. The molecule has 0 aromatic heterocycles. The molecule has 0 saturated carbocycles. The Morgan fingerprint density at radius 1 is 1.12 bits per heavy atom. The highest BCUT2D eigenvalue weighted by Crippen LogP contribution is 2.10. The van der Waals surface area contributed by atoms with Gasteiger partial charge in [-0.25, -0.2) is 0 Å². The molecule has 0 aliphatic heterocycles. The summed E-state index contributed by atoms with van der Waals surface area (Å²) >= 11 is 0. The molecule has 0 heterocycles. The second kappa shape index (κ2) is 8.93. The molecule has 0 aromatic carbocycles. The van der Waals surface area contributed by atoms with Gasteiger partial charge in [0.15, 0.2) is 0 Å². The highest BCUT2D eigenvalue weighted by atomic mass is 16.5. The van der Waals surface area contributed by atoms with Crippen molar-refractivity contribution in [3.63, 3.8) is 0 Å². The predicted molar refractivity (Wildman–Crippen MR) is 67.9 cm³/mol. The number of rotatable bonds is 10. The van der Waals surface area contributed by atoms with Gasteiger partial charge in [-0.2, -0.15) is 0 Å². The van der Waals surface area contributed by atoms with Crippen LogP contribution in [0.4, 0.5) is 0 Å². The summed E-state index contributed by atoms with van der Waals surface area (Å²) in [6, 6.07) is 0. The van der Waals surface area contributed by atoms with Crippen molar-refractivity contribution in [1.82, 2.24) is 10.2 Å². The minimum Gasteiger partial charge on any atom is -0.383 e. The molecule has 4 heteroatoms. The van der Waals surface area contributed by atoms with Gasteiger partial charge in [0.25, 0.3) is 0 Å². The lowest BCUT2D eigenvalue weighted by Gasteiger charge is -2.23. The first-order valence-electron chi connectivity index (χ1n) is 5.95. The molecule has 98 valence electrons. The van der Waals surface area contributed by atoms with Crippen LogP contribution in [0.5, 0.6) is 0 Å². The Labute approximate surface area is 100 Å². The minimum absolute atomic E-state index is 0.0189. The van der Waals surface area contributed by atoms with Crippen molar-refractivity contribution >= 4 is 0 Å². The normalized spacial score (nSPS) is 12.4. The van der Waals surface area contributed by atoms with Crippen molar-refractivity contribution < 1.29 is 9.47 Å². The fourth-order valence-corrected chi connectivity index (χ4v) is 1.25. The average Bonchev–Trinajstić information content (AvgIpc) is 2.25. The lowest BCUT2D eigenvalue weighted by Crippen LogP contribution is -2.34. The van der Waals surface area contributed by atoms with Crippen molar-refractivity contribution in [2.45, 2.75) is 25.9 Å². The fraction of sp³-hybridized carbons (Fsp3) is 1.00. The summed E-state index contributed by atoms with van der Waals surface area (Å²) in [5.41, 5.74) is -0.0189.